The van der Waals surface area contributed by atoms with E-state index in [1.807, 2.05) is 30.3 Å². The van der Waals surface area contributed by atoms with E-state index in [0.717, 1.165) is 11.3 Å². The highest BCUT2D eigenvalue weighted by molar-refractivity contribution is 8.00. The Morgan fingerprint density at radius 1 is 1.39 bits per heavy atom. The molecule has 1 aliphatic carbocycles. The monoisotopic (exact) mass is 266 g/mol. The minimum Gasteiger partial charge on any atom is -0.367 e. The van der Waals surface area contributed by atoms with Gasteiger partial charge in [-0.25, -0.2) is 0 Å². The number of benzene rings is 1. The molecule has 0 radical (unpaired) electrons. The Hall–Kier alpha value is -0.840. The van der Waals surface area contributed by atoms with E-state index in [4.69, 9.17) is 4.74 Å². The van der Waals surface area contributed by atoms with Crippen molar-refractivity contribution in [1.29, 1.82) is 0 Å². The summed E-state index contributed by atoms with van der Waals surface area (Å²) < 4.78 is 5.06. The minimum absolute atomic E-state index is 0.0798. The van der Waals surface area contributed by atoms with Crippen LogP contribution in [0.5, 0.6) is 0 Å². The van der Waals surface area contributed by atoms with E-state index in [2.05, 4.69) is 0 Å². The number of aliphatic hydroxyl groups is 1. The molecule has 1 fully saturated rings. The van der Waals surface area contributed by atoms with Gasteiger partial charge in [0.15, 0.2) is 6.29 Å². The molecule has 0 aromatic heterocycles. The average Bonchev–Trinajstić information content (AvgIpc) is 2.83. The van der Waals surface area contributed by atoms with Crippen LogP contribution < -0.4 is 0 Å². The number of ketones is 1. The van der Waals surface area contributed by atoms with E-state index < -0.39 is 6.29 Å². The predicted octanol–water partition coefficient (Wildman–Crippen LogP) is 2.48. The molecule has 1 aliphatic rings. The second kappa shape index (κ2) is 6.36. The molecule has 2 rings (SSSR count). The van der Waals surface area contributed by atoms with Crippen molar-refractivity contribution in [2.45, 2.75) is 35.7 Å². The lowest BCUT2D eigenvalue weighted by Gasteiger charge is -2.26. The molecule has 98 valence electrons. The van der Waals surface area contributed by atoms with Crippen molar-refractivity contribution in [3.05, 3.63) is 30.3 Å². The number of thioether (sulfide) groups is 1. The molecule has 1 aromatic carbocycles. The summed E-state index contributed by atoms with van der Waals surface area (Å²) in [7, 11) is 1.50. The predicted molar refractivity (Wildman–Crippen MR) is 71.5 cm³/mol. The van der Waals surface area contributed by atoms with Gasteiger partial charge in [-0.05, 0) is 24.5 Å². The highest BCUT2D eigenvalue weighted by Gasteiger charge is 2.34. The largest absolute Gasteiger partial charge is 0.367 e. The van der Waals surface area contributed by atoms with Gasteiger partial charge in [-0.15, -0.1) is 11.8 Å². The van der Waals surface area contributed by atoms with Gasteiger partial charge in [0.1, 0.15) is 5.78 Å². The van der Waals surface area contributed by atoms with Crippen LogP contribution in [0.3, 0.4) is 0 Å². The molecule has 1 saturated carbocycles. The van der Waals surface area contributed by atoms with Crippen LogP contribution in [-0.4, -0.2) is 29.5 Å². The first kappa shape index (κ1) is 13.6. The van der Waals surface area contributed by atoms with Crippen molar-refractivity contribution in [3.8, 4) is 0 Å². The number of rotatable bonds is 5. The fourth-order valence-electron chi connectivity index (χ4n) is 2.30. The van der Waals surface area contributed by atoms with Crippen LogP contribution in [0, 0.1) is 5.92 Å². The molecule has 0 aliphatic heterocycles. The second-order valence-corrected chi connectivity index (χ2v) is 5.81. The van der Waals surface area contributed by atoms with Gasteiger partial charge in [-0.1, -0.05) is 18.2 Å². The number of hydrogen-bond donors (Lipinski definition) is 1. The summed E-state index contributed by atoms with van der Waals surface area (Å²) in [5.74, 6) is 0.500. The maximum Gasteiger partial charge on any atom is 0.166 e. The number of methoxy groups -OCH3 is 1. The maximum atomic E-state index is 11.4. The van der Waals surface area contributed by atoms with E-state index in [9.17, 15) is 9.90 Å². The number of ether oxygens (including phenoxy) is 1. The first-order valence-corrected chi connectivity index (χ1v) is 7.03. The van der Waals surface area contributed by atoms with Crippen molar-refractivity contribution in [3.63, 3.8) is 0 Å². The van der Waals surface area contributed by atoms with Crippen LogP contribution >= 0.6 is 11.8 Å². The third-order valence-corrected chi connectivity index (χ3v) is 4.72. The summed E-state index contributed by atoms with van der Waals surface area (Å²) in [4.78, 5) is 12.5. The third kappa shape index (κ3) is 3.34. The van der Waals surface area contributed by atoms with Crippen molar-refractivity contribution in [1.82, 2.24) is 0 Å². The molecule has 0 heterocycles. The summed E-state index contributed by atoms with van der Waals surface area (Å²) in [6, 6.07) is 9.93. The zero-order valence-corrected chi connectivity index (χ0v) is 11.2. The summed E-state index contributed by atoms with van der Waals surface area (Å²) in [5.41, 5.74) is 0. The number of carbonyl (C=O) groups is 1. The maximum absolute atomic E-state index is 11.4. The van der Waals surface area contributed by atoms with Gasteiger partial charge >= 0.3 is 0 Å². The van der Waals surface area contributed by atoms with Gasteiger partial charge in [0.25, 0.3) is 0 Å². The van der Waals surface area contributed by atoms with Crippen molar-refractivity contribution < 1.29 is 14.6 Å². The number of aliphatic hydroxyl groups excluding tert-OH is 1. The summed E-state index contributed by atoms with van der Waals surface area (Å²) >= 11 is 1.59. The molecule has 3 nitrogen and oxygen atoms in total. The molecule has 4 heteroatoms. The molecule has 0 saturated heterocycles. The van der Waals surface area contributed by atoms with Gasteiger partial charge in [-0.3, -0.25) is 4.79 Å². The Morgan fingerprint density at radius 3 is 2.67 bits per heavy atom. The van der Waals surface area contributed by atoms with E-state index in [1.165, 1.54) is 7.11 Å². The Balaban J connectivity index is 2.08. The SMILES string of the molecule is COC(O)C(Sc1ccccc1)C1CCC(=O)C1. The highest BCUT2D eigenvalue weighted by atomic mass is 32.2. The normalized spacial score (nSPS) is 23.0. The molecule has 3 atom stereocenters. The lowest BCUT2D eigenvalue weighted by atomic mass is 10.0. The molecular weight excluding hydrogens is 248 g/mol. The van der Waals surface area contributed by atoms with Crippen molar-refractivity contribution in [2.75, 3.05) is 7.11 Å². The lowest BCUT2D eigenvalue weighted by Crippen LogP contribution is -2.31. The summed E-state index contributed by atoms with van der Waals surface area (Å²) in [6.45, 7) is 0. The first-order valence-electron chi connectivity index (χ1n) is 6.15. The van der Waals surface area contributed by atoms with Crippen LogP contribution in [-0.2, 0) is 9.53 Å². The molecular formula is C14H18O3S. The van der Waals surface area contributed by atoms with E-state index in [-0.39, 0.29) is 11.2 Å². The molecule has 3 unspecified atom stereocenters. The van der Waals surface area contributed by atoms with E-state index >= 15 is 0 Å². The van der Waals surface area contributed by atoms with Gasteiger partial charge in [0.2, 0.25) is 0 Å². The van der Waals surface area contributed by atoms with Crippen LogP contribution in [0.15, 0.2) is 35.2 Å². The van der Waals surface area contributed by atoms with Crippen LogP contribution in [0.1, 0.15) is 19.3 Å². The minimum atomic E-state index is -0.828. The molecule has 0 spiro atoms. The fourth-order valence-corrected chi connectivity index (χ4v) is 3.58. The Labute approximate surface area is 112 Å². The molecule has 0 bridgehead atoms. The van der Waals surface area contributed by atoms with Gasteiger partial charge in [0, 0.05) is 24.8 Å². The average molecular weight is 266 g/mol. The number of carbonyl (C=O) groups excluding carboxylic acids is 1. The Bertz CT molecular complexity index is 393. The molecule has 1 aromatic rings. The first-order chi connectivity index (χ1) is 8.70. The van der Waals surface area contributed by atoms with Crippen LogP contribution in [0.2, 0.25) is 0 Å². The topological polar surface area (TPSA) is 46.5 Å². The van der Waals surface area contributed by atoms with Crippen molar-refractivity contribution in [2.24, 2.45) is 5.92 Å². The summed E-state index contributed by atoms with van der Waals surface area (Å²) in [6.07, 6.45) is 1.22. The number of hydrogen-bond acceptors (Lipinski definition) is 4. The zero-order chi connectivity index (χ0) is 13.0. The van der Waals surface area contributed by atoms with Gasteiger partial charge < -0.3 is 9.84 Å². The lowest BCUT2D eigenvalue weighted by molar-refractivity contribution is -0.118. The van der Waals surface area contributed by atoms with E-state index in [1.54, 1.807) is 11.8 Å². The zero-order valence-electron chi connectivity index (χ0n) is 10.4. The third-order valence-electron chi connectivity index (χ3n) is 3.29. The summed E-state index contributed by atoms with van der Waals surface area (Å²) in [5, 5.41) is 9.89. The van der Waals surface area contributed by atoms with E-state index in [0.29, 0.717) is 18.6 Å². The number of Topliss-reactive ketones (excluding diaryl/α,β-unsaturated/α-hetero) is 1. The highest BCUT2D eigenvalue weighted by Crippen LogP contribution is 2.37. The fraction of sp³-hybridized carbons (Fsp3) is 0.500. The van der Waals surface area contributed by atoms with Gasteiger partial charge in [0.05, 0.1) is 5.25 Å². The smallest absolute Gasteiger partial charge is 0.166 e. The Kier molecular flexibility index (Phi) is 4.80. The Morgan fingerprint density at radius 2 is 2.11 bits per heavy atom. The quantitative estimate of drug-likeness (QED) is 0.657. The second-order valence-electron chi connectivity index (χ2n) is 4.56. The van der Waals surface area contributed by atoms with Crippen LogP contribution in [0.25, 0.3) is 0 Å². The van der Waals surface area contributed by atoms with Gasteiger partial charge in [-0.2, -0.15) is 0 Å². The van der Waals surface area contributed by atoms with Crippen molar-refractivity contribution >= 4 is 17.5 Å². The molecule has 0 amide bonds. The van der Waals surface area contributed by atoms with Crippen LogP contribution in [0.4, 0.5) is 0 Å². The standard InChI is InChI=1S/C14H18O3S/c1-17-14(16)13(10-7-8-11(15)9-10)18-12-5-3-2-4-6-12/h2-6,10,13-14,16H,7-9H2,1H3. The molecule has 1 N–H and O–H groups in total. The molecule has 18 heavy (non-hydrogen) atoms.